The largest absolute Gasteiger partial charge is 0.486 e. The van der Waals surface area contributed by atoms with E-state index in [0.29, 0.717) is 16.1 Å². The van der Waals surface area contributed by atoms with Gasteiger partial charge < -0.3 is 4.74 Å². The fourth-order valence-electron chi connectivity index (χ4n) is 2.72. The van der Waals surface area contributed by atoms with E-state index in [-0.39, 0.29) is 18.3 Å². The number of anilines is 1. The first-order chi connectivity index (χ1) is 15.2. The van der Waals surface area contributed by atoms with Crippen LogP contribution in [0.5, 0.6) is 5.75 Å². The van der Waals surface area contributed by atoms with Gasteiger partial charge in [0.2, 0.25) is 11.0 Å². The van der Waals surface area contributed by atoms with Crippen molar-refractivity contribution in [3.05, 3.63) is 71.5 Å². The van der Waals surface area contributed by atoms with Crippen LogP contribution in [-0.4, -0.2) is 36.6 Å². The molecule has 4 aromatic rings. The lowest BCUT2D eigenvalue weighted by Crippen LogP contribution is -2.14. The van der Waals surface area contributed by atoms with Crippen LogP contribution in [0.25, 0.3) is 5.69 Å². The van der Waals surface area contributed by atoms with Crippen LogP contribution in [0.4, 0.5) is 5.13 Å². The maximum Gasteiger partial charge on any atom is 0.236 e. The van der Waals surface area contributed by atoms with Gasteiger partial charge in [-0.2, -0.15) is 0 Å². The van der Waals surface area contributed by atoms with Crippen LogP contribution in [0.15, 0.2) is 65.8 Å². The van der Waals surface area contributed by atoms with Crippen LogP contribution in [0, 0.1) is 0 Å². The van der Waals surface area contributed by atoms with Gasteiger partial charge in [0.25, 0.3) is 0 Å². The zero-order chi connectivity index (χ0) is 21.5. The van der Waals surface area contributed by atoms with Crippen LogP contribution in [0.3, 0.4) is 0 Å². The summed E-state index contributed by atoms with van der Waals surface area (Å²) in [5.41, 5.74) is 0.902. The van der Waals surface area contributed by atoms with Crippen LogP contribution >= 0.6 is 23.1 Å². The summed E-state index contributed by atoms with van der Waals surface area (Å²) in [6, 6.07) is 19.3. The highest BCUT2D eigenvalue weighted by molar-refractivity contribution is 7.99. The summed E-state index contributed by atoms with van der Waals surface area (Å²) in [5, 5.41) is 21.4. The molecule has 0 aliphatic carbocycles. The standard InChI is InChI=1S/C21H20N6O2S2/c1-2-19-24-25-20(31-19)22-18(28)14-30-21-26-23-17(13-29-16-11-7-4-8-12-16)27(21)15-9-5-3-6-10-15/h3-12H,2,13-14H2,1H3,(H,22,25,28). The molecule has 0 radical (unpaired) electrons. The molecule has 0 aliphatic heterocycles. The fourth-order valence-corrected chi connectivity index (χ4v) is 4.19. The Hall–Kier alpha value is -3.24. The average Bonchev–Trinajstić information content (AvgIpc) is 3.44. The molecule has 0 bridgehead atoms. The Balaban J connectivity index is 1.47. The van der Waals surface area contributed by atoms with Gasteiger partial charge in [0.15, 0.2) is 11.0 Å². The second-order valence-corrected chi connectivity index (χ2v) is 8.37. The minimum atomic E-state index is -0.173. The quantitative estimate of drug-likeness (QED) is 0.384. The minimum Gasteiger partial charge on any atom is -0.486 e. The average molecular weight is 453 g/mol. The van der Waals surface area contributed by atoms with Crippen molar-refractivity contribution >= 4 is 34.1 Å². The van der Waals surface area contributed by atoms with Crippen molar-refractivity contribution in [3.63, 3.8) is 0 Å². The van der Waals surface area contributed by atoms with Crippen LogP contribution in [0.2, 0.25) is 0 Å². The van der Waals surface area contributed by atoms with Gasteiger partial charge in [-0.25, -0.2) is 0 Å². The second-order valence-electron chi connectivity index (χ2n) is 6.36. The zero-order valence-corrected chi connectivity index (χ0v) is 18.4. The molecule has 0 unspecified atom stereocenters. The number of carbonyl (C=O) groups is 1. The number of nitrogens with zero attached hydrogens (tertiary/aromatic N) is 5. The van der Waals surface area contributed by atoms with Crippen molar-refractivity contribution in [3.8, 4) is 11.4 Å². The molecule has 2 heterocycles. The third-order valence-electron chi connectivity index (χ3n) is 4.17. The molecular formula is C21H20N6O2S2. The Morgan fingerprint density at radius 2 is 1.77 bits per heavy atom. The van der Waals surface area contributed by atoms with Gasteiger partial charge in [-0.15, -0.1) is 20.4 Å². The number of hydrogen-bond donors (Lipinski definition) is 1. The Morgan fingerprint density at radius 3 is 2.48 bits per heavy atom. The van der Waals surface area contributed by atoms with E-state index in [1.54, 1.807) is 0 Å². The van der Waals surface area contributed by atoms with Crippen molar-refractivity contribution in [2.75, 3.05) is 11.1 Å². The molecule has 1 N–H and O–H groups in total. The van der Waals surface area contributed by atoms with Crippen LogP contribution < -0.4 is 10.1 Å². The molecule has 0 saturated carbocycles. The van der Waals surface area contributed by atoms with E-state index in [1.165, 1.54) is 23.1 Å². The predicted octanol–water partition coefficient (Wildman–Crippen LogP) is 3.99. The fraction of sp³-hybridized carbons (Fsp3) is 0.190. The molecule has 0 aliphatic rings. The number of aromatic nitrogens is 5. The molecule has 1 amide bonds. The molecule has 0 saturated heterocycles. The van der Waals surface area contributed by atoms with Gasteiger partial charge in [0, 0.05) is 5.69 Å². The summed E-state index contributed by atoms with van der Waals surface area (Å²) in [6.07, 6.45) is 0.788. The van der Waals surface area contributed by atoms with E-state index in [9.17, 15) is 4.79 Å². The molecule has 0 atom stereocenters. The SMILES string of the molecule is CCc1nnc(NC(=O)CSc2nnc(COc3ccccc3)n2-c2ccccc2)s1. The normalized spacial score (nSPS) is 10.7. The lowest BCUT2D eigenvalue weighted by atomic mass is 10.3. The number of ether oxygens (including phenoxy) is 1. The number of rotatable bonds is 9. The molecule has 2 aromatic heterocycles. The van der Waals surface area contributed by atoms with Gasteiger partial charge in [-0.1, -0.05) is 66.4 Å². The molecule has 158 valence electrons. The monoisotopic (exact) mass is 452 g/mol. The first-order valence-electron chi connectivity index (χ1n) is 9.65. The predicted molar refractivity (Wildman–Crippen MR) is 121 cm³/mol. The third-order valence-corrected chi connectivity index (χ3v) is 6.09. The van der Waals surface area contributed by atoms with E-state index in [0.717, 1.165) is 22.9 Å². The van der Waals surface area contributed by atoms with E-state index in [1.807, 2.05) is 72.2 Å². The smallest absolute Gasteiger partial charge is 0.236 e. The molecule has 8 nitrogen and oxygen atoms in total. The lowest BCUT2D eigenvalue weighted by molar-refractivity contribution is -0.113. The molecular weight excluding hydrogens is 432 g/mol. The third kappa shape index (κ3) is 5.47. The highest BCUT2D eigenvalue weighted by Crippen LogP contribution is 2.24. The Morgan fingerprint density at radius 1 is 1.03 bits per heavy atom. The Kier molecular flexibility index (Phi) is 6.90. The van der Waals surface area contributed by atoms with E-state index in [4.69, 9.17) is 4.74 Å². The zero-order valence-electron chi connectivity index (χ0n) is 16.8. The minimum absolute atomic E-state index is 0.172. The maximum atomic E-state index is 12.4. The van der Waals surface area contributed by atoms with Gasteiger partial charge in [0.05, 0.1) is 5.75 Å². The topological polar surface area (TPSA) is 94.8 Å². The van der Waals surface area contributed by atoms with E-state index < -0.39 is 0 Å². The van der Waals surface area contributed by atoms with Gasteiger partial charge >= 0.3 is 0 Å². The molecule has 0 fully saturated rings. The number of nitrogens with one attached hydrogen (secondary N) is 1. The first kappa shape index (κ1) is 21.0. The van der Waals surface area contributed by atoms with E-state index >= 15 is 0 Å². The van der Waals surface area contributed by atoms with Gasteiger partial charge in [-0.3, -0.25) is 14.7 Å². The molecule has 31 heavy (non-hydrogen) atoms. The van der Waals surface area contributed by atoms with Crippen LogP contribution in [0.1, 0.15) is 17.8 Å². The number of carbonyl (C=O) groups excluding carboxylic acids is 1. The number of aryl methyl sites for hydroxylation is 1. The van der Waals surface area contributed by atoms with Crippen LogP contribution in [-0.2, 0) is 17.8 Å². The van der Waals surface area contributed by atoms with Crippen molar-refractivity contribution in [2.45, 2.75) is 25.1 Å². The summed E-state index contributed by atoms with van der Waals surface area (Å²) in [5.74, 6) is 1.40. The highest BCUT2D eigenvalue weighted by atomic mass is 32.2. The van der Waals surface area contributed by atoms with Crippen molar-refractivity contribution in [1.82, 2.24) is 25.0 Å². The number of benzene rings is 2. The second kappa shape index (κ2) is 10.2. The lowest BCUT2D eigenvalue weighted by Gasteiger charge is -2.11. The van der Waals surface area contributed by atoms with Crippen molar-refractivity contribution < 1.29 is 9.53 Å². The maximum absolute atomic E-state index is 12.4. The molecule has 2 aromatic carbocycles. The number of para-hydroxylation sites is 2. The van der Waals surface area contributed by atoms with Gasteiger partial charge in [-0.05, 0) is 30.7 Å². The number of hydrogen-bond acceptors (Lipinski definition) is 8. The summed E-state index contributed by atoms with van der Waals surface area (Å²) in [7, 11) is 0. The first-order valence-corrected chi connectivity index (χ1v) is 11.5. The van der Waals surface area contributed by atoms with E-state index in [2.05, 4.69) is 25.7 Å². The van der Waals surface area contributed by atoms with Gasteiger partial charge in [0.1, 0.15) is 17.4 Å². The van der Waals surface area contributed by atoms with Crippen molar-refractivity contribution in [1.29, 1.82) is 0 Å². The molecule has 4 rings (SSSR count). The van der Waals surface area contributed by atoms with Crippen molar-refractivity contribution in [2.24, 2.45) is 0 Å². The summed E-state index contributed by atoms with van der Waals surface area (Å²) >= 11 is 2.68. The number of amides is 1. The Bertz CT molecular complexity index is 1130. The molecule has 10 heteroatoms. The molecule has 0 spiro atoms. The summed E-state index contributed by atoms with van der Waals surface area (Å²) in [6.45, 7) is 2.25. The Labute approximate surface area is 187 Å². The summed E-state index contributed by atoms with van der Waals surface area (Å²) < 4.78 is 7.76. The summed E-state index contributed by atoms with van der Waals surface area (Å²) in [4.78, 5) is 12.4. The highest BCUT2D eigenvalue weighted by Gasteiger charge is 2.17. The number of thioether (sulfide) groups is 1.